The van der Waals surface area contributed by atoms with Crippen molar-refractivity contribution in [2.45, 2.75) is 13.8 Å². The Hall–Kier alpha value is -3.80. The average Bonchev–Trinajstić information content (AvgIpc) is 3.00. The molecule has 2 aromatic rings. The van der Waals surface area contributed by atoms with E-state index in [9.17, 15) is 19.7 Å². The second kappa shape index (κ2) is 9.23. The van der Waals surface area contributed by atoms with E-state index < -0.39 is 11.0 Å². The molecule has 0 bridgehead atoms. The molecule has 28 heavy (non-hydrogen) atoms. The maximum absolute atomic E-state index is 11.0. The quantitative estimate of drug-likeness (QED) is 0.313. The molecule has 0 fully saturated rings. The molecule has 0 aliphatic heterocycles. The molecular formula is C16H17N7O4S. The number of nitro benzene ring substituents is 1. The Bertz CT molecular complexity index is 968. The van der Waals surface area contributed by atoms with Crippen LogP contribution in [0.2, 0.25) is 0 Å². The Labute approximate surface area is 163 Å². The van der Waals surface area contributed by atoms with Crippen LogP contribution in [-0.2, 0) is 4.79 Å². The van der Waals surface area contributed by atoms with Crippen LogP contribution in [0.4, 0.5) is 15.6 Å². The van der Waals surface area contributed by atoms with E-state index in [2.05, 4.69) is 26.4 Å². The minimum atomic E-state index is -0.847. The number of non-ortho nitro benzene ring substituents is 1. The first-order valence-electron chi connectivity index (χ1n) is 7.82. The number of hydrogen-bond donors (Lipinski definition) is 4. The molecule has 0 unspecified atom stereocenters. The van der Waals surface area contributed by atoms with Gasteiger partial charge in [0.1, 0.15) is 5.71 Å². The van der Waals surface area contributed by atoms with Gasteiger partial charge in [-0.25, -0.2) is 15.2 Å². The normalized spacial score (nSPS) is 11.3. The largest absolute Gasteiger partial charge is 0.350 e. The number of hydrazone groups is 1. The van der Waals surface area contributed by atoms with Crippen molar-refractivity contribution in [2.75, 3.05) is 5.43 Å². The number of allylic oxidation sites excluding steroid dienone is 1. The number of hydrogen-bond acceptors (Lipinski definition) is 8. The summed E-state index contributed by atoms with van der Waals surface area (Å²) in [6.07, 6.45) is 3.17. The van der Waals surface area contributed by atoms with Crippen LogP contribution in [0.1, 0.15) is 23.1 Å². The lowest BCUT2D eigenvalue weighted by Gasteiger charge is -2.01. The predicted octanol–water partition coefficient (Wildman–Crippen LogP) is 1.91. The zero-order valence-electron chi connectivity index (χ0n) is 14.9. The summed E-state index contributed by atoms with van der Waals surface area (Å²) in [5, 5.41) is 15.3. The summed E-state index contributed by atoms with van der Waals surface area (Å²) in [5.74, 6) is -0.288. The standard InChI is InChI=1S/C16H17N7O4S/c1-9-14(28-16(18-9)22-19-10(2)24)13(20-21-15(17)25)7-6-11-4-3-5-12(8-11)23(26)27/h3-8H,1-2H3,(H,18,22)(H,19,24)(H3,17,21,25)/b7-6+,20-13-. The van der Waals surface area contributed by atoms with Gasteiger partial charge in [-0.2, -0.15) is 5.10 Å². The number of primary amides is 1. The smallest absolute Gasteiger partial charge is 0.332 e. The molecule has 0 aliphatic carbocycles. The van der Waals surface area contributed by atoms with Crippen molar-refractivity contribution in [3.63, 3.8) is 0 Å². The molecule has 0 saturated heterocycles. The first-order chi connectivity index (χ1) is 13.3. The maximum atomic E-state index is 11.0. The van der Waals surface area contributed by atoms with E-state index in [0.717, 1.165) is 0 Å². The van der Waals surface area contributed by atoms with Gasteiger partial charge in [-0.05, 0) is 18.6 Å². The predicted molar refractivity (Wildman–Crippen MR) is 106 cm³/mol. The minimum absolute atomic E-state index is 0.0494. The molecule has 0 radical (unpaired) electrons. The van der Waals surface area contributed by atoms with Crippen LogP contribution in [0.25, 0.3) is 6.08 Å². The van der Waals surface area contributed by atoms with Gasteiger partial charge in [0.15, 0.2) is 0 Å². The van der Waals surface area contributed by atoms with Crippen LogP contribution in [0.3, 0.4) is 0 Å². The summed E-state index contributed by atoms with van der Waals surface area (Å²) >= 11 is 1.19. The number of urea groups is 1. The number of hydrazine groups is 1. The van der Waals surface area contributed by atoms with Gasteiger partial charge < -0.3 is 5.73 Å². The van der Waals surface area contributed by atoms with Gasteiger partial charge in [-0.1, -0.05) is 29.5 Å². The van der Waals surface area contributed by atoms with Gasteiger partial charge in [0, 0.05) is 19.1 Å². The molecule has 11 nitrogen and oxygen atoms in total. The number of carbonyl (C=O) groups excluding carboxylic acids is 2. The number of benzene rings is 1. The lowest BCUT2D eigenvalue weighted by molar-refractivity contribution is -0.384. The number of nitro groups is 1. The Kier molecular flexibility index (Phi) is 6.76. The van der Waals surface area contributed by atoms with Crippen LogP contribution in [0, 0.1) is 17.0 Å². The van der Waals surface area contributed by atoms with Crippen molar-refractivity contribution in [2.24, 2.45) is 10.8 Å². The van der Waals surface area contributed by atoms with E-state index in [1.165, 1.54) is 30.4 Å². The van der Waals surface area contributed by atoms with E-state index in [-0.39, 0.29) is 11.6 Å². The van der Waals surface area contributed by atoms with Crippen LogP contribution in [0.15, 0.2) is 35.4 Å². The number of rotatable bonds is 7. The molecule has 3 amide bonds. The van der Waals surface area contributed by atoms with Crippen LogP contribution < -0.4 is 22.0 Å². The molecule has 0 spiro atoms. The number of aryl methyl sites for hydroxylation is 1. The lowest BCUT2D eigenvalue weighted by atomic mass is 10.1. The number of aromatic nitrogens is 1. The van der Waals surface area contributed by atoms with Crippen LogP contribution in [0.5, 0.6) is 0 Å². The fourth-order valence-electron chi connectivity index (χ4n) is 2.03. The van der Waals surface area contributed by atoms with E-state index in [1.807, 2.05) is 0 Å². The first kappa shape index (κ1) is 20.5. The Balaban J connectivity index is 2.34. The Morgan fingerprint density at radius 3 is 2.79 bits per heavy atom. The monoisotopic (exact) mass is 403 g/mol. The van der Waals surface area contributed by atoms with Gasteiger partial charge in [0.05, 0.1) is 15.5 Å². The van der Waals surface area contributed by atoms with Crippen molar-refractivity contribution >= 4 is 45.9 Å². The summed E-state index contributed by atoms with van der Waals surface area (Å²) in [6.45, 7) is 3.07. The highest BCUT2D eigenvalue weighted by atomic mass is 32.1. The molecule has 2 rings (SSSR count). The number of nitrogens with zero attached hydrogens (tertiary/aromatic N) is 3. The molecule has 0 atom stereocenters. The third-order valence-electron chi connectivity index (χ3n) is 3.18. The third-order valence-corrected chi connectivity index (χ3v) is 4.27. The van der Waals surface area contributed by atoms with Crippen LogP contribution in [-0.4, -0.2) is 27.6 Å². The zero-order valence-corrected chi connectivity index (χ0v) is 15.7. The Morgan fingerprint density at radius 1 is 1.39 bits per heavy atom. The fraction of sp³-hybridized carbons (Fsp3) is 0.125. The zero-order chi connectivity index (χ0) is 20.7. The van der Waals surface area contributed by atoms with Crippen molar-refractivity contribution in [1.29, 1.82) is 0 Å². The summed E-state index contributed by atoms with van der Waals surface area (Å²) in [6, 6.07) is 5.18. The van der Waals surface area contributed by atoms with Gasteiger partial charge in [0.2, 0.25) is 11.0 Å². The lowest BCUT2D eigenvalue weighted by Crippen LogP contribution is -2.26. The van der Waals surface area contributed by atoms with E-state index in [0.29, 0.717) is 27.0 Å². The average molecular weight is 403 g/mol. The molecule has 0 saturated carbocycles. The number of thiazole rings is 1. The summed E-state index contributed by atoms with van der Waals surface area (Å²) < 4.78 is 0. The second-order valence-corrected chi connectivity index (χ2v) is 6.40. The van der Waals surface area contributed by atoms with E-state index in [4.69, 9.17) is 5.73 Å². The van der Waals surface area contributed by atoms with E-state index in [1.54, 1.807) is 31.2 Å². The molecule has 12 heteroatoms. The van der Waals surface area contributed by atoms with Crippen molar-refractivity contribution in [1.82, 2.24) is 15.8 Å². The maximum Gasteiger partial charge on any atom is 0.332 e. The minimum Gasteiger partial charge on any atom is -0.350 e. The number of nitrogens with two attached hydrogens (primary N) is 1. The molecule has 1 aromatic heterocycles. The molecule has 146 valence electrons. The van der Waals surface area contributed by atoms with Crippen LogP contribution >= 0.6 is 11.3 Å². The number of amides is 3. The third kappa shape index (κ3) is 5.88. The van der Waals surface area contributed by atoms with Gasteiger partial charge in [0.25, 0.3) is 5.69 Å². The Morgan fingerprint density at radius 2 is 2.14 bits per heavy atom. The summed E-state index contributed by atoms with van der Waals surface area (Å²) in [4.78, 5) is 37.3. The molecule has 0 aliphatic rings. The number of anilines is 1. The fourth-order valence-corrected chi connectivity index (χ4v) is 2.91. The SMILES string of the molecule is CC(=O)NNc1nc(C)c(C(/C=C/c2cccc([N+](=O)[O-])c2)=N\NC(N)=O)s1. The van der Waals surface area contributed by atoms with E-state index >= 15 is 0 Å². The van der Waals surface area contributed by atoms with Gasteiger partial charge in [-0.3, -0.25) is 25.8 Å². The second-order valence-electron chi connectivity index (χ2n) is 5.40. The molecular weight excluding hydrogens is 386 g/mol. The summed E-state index contributed by atoms with van der Waals surface area (Å²) in [5.41, 5.74) is 13.7. The molecule has 1 aromatic carbocycles. The van der Waals surface area contributed by atoms with Crippen molar-refractivity contribution in [3.05, 3.63) is 56.6 Å². The van der Waals surface area contributed by atoms with Gasteiger partial charge >= 0.3 is 6.03 Å². The number of nitrogens with one attached hydrogen (secondary N) is 3. The first-order valence-corrected chi connectivity index (χ1v) is 8.64. The highest BCUT2D eigenvalue weighted by molar-refractivity contribution is 7.17. The highest BCUT2D eigenvalue weighted by Gasteiger charge is 2.13. The molecule has 1 heterocycles. The highest BCUT2D eigenvalue weighted by Crippen LogP contribution is 2.24. The summed E-state index contributed by atoms with van der Waals surface area (Å²) in [7, 11) is 0. The molecule has 5 N–H and O–H groups in total. The van der Waals surface area contributed by atoms with Gasteiger partial charge in [-0.15, -0.1) is 0 Å². The topological polar surface area (TPSA) is 165 Å². The number of carbonyl (C=O) groups is 2. The van der Waals surface area contributed by atoms with Crippen molar-refractivity contribution < 1.29 is 14.5 Å². The van der Waals surface area contributed by atoms with Crippen molar-refractivity contribution in [3.8, 4) is 0 Å².